The van der Waals surface area contributed by atoms with E-state index in [4.69, 9.17) is 14.2 Å². The summed E-state index contributed by atoms with van der Waals surface area (Å²) in [5, 5.41) is 0. The molecule has 0 amide bonds. The second-order valence-electron chi connectivity index (χ2n) is 6.11. The summed E-state index contributed by atoms with van der Waals surface area (Å²) in [7, 11) is 5.01. The normalized spacial score (nSPS) is 14.8. The maximum atomic E-state index is 5.59. The quantitative estimate of drug-likeness (QED) is 0.796. The first-order valence-electron chi connectivity index (χ1n) is 8.51. The van der Waals surface area contributed by atoms with Crippen LogP contribution in [0.3, 0.4) is 0 Å². The number of hydrogen-bond donors (Lipinski definition) is 0. The van der Waals surface area contributed by atoms with E-state index in [1.807, 2.05) is 12.1 Å². The van der Waals surface area contributed by atoms with Crippen LogP contribution in [-0.4, -0.2) is 39.3 Å². The van der Waals surface area contributed by atoms with Crippen molar-refractivity contribution in [3.05, 3.63) is 59.7 Å². The van der Waals surface area contributed by atoms with E-state index in [9.17, 15) is 0 Å². The van der Waals surface area contributed by atoms with E-state index in [1.165, 1.54) is 11.1 Å². The van der Waals surface area contributed by atoms with Gasteiger partial charge in [-0.1, -0.05) is 36.4 Å². The van der Waals surface area contributed by atoms with Crippen LogP contribution in [0.5, 0.6) is 17.2 Å². The molecule has 0 unspecified atom stereocenters. The summed E-state index contributed by atoms with van der Waals surface area (Å²) in [6, 6.07) is 14.4. The summed E-state index contributed by atoms with van der Waals surface area (Å²) in [5.41, 5.74) is 3.64. The van der Waals surface area contributed by atoms with Crippen molar-refractivity contribution in [3.63, 3.8) is 0 Å². The smallest absolute Gasteiger partial charge is 0.133 e. The molecule has 132 valence electrons. The van der Waals surface area contributed by atoms with Gasteiger partial charge in [0.1, 0.15) is 17.2 Å². The molecule has 0 saturated heterocycles. The summed E-state index contributed by atoms with van der Waals surface area (Å²) < 4.78 is 16.5. The predicted octanol–water partition coefficient (Wildman–Crippen LogP) is 4.00. The number of benzene rings is 2. The number of ether oxygens (including phenoxy) is 3. The molecule has 3 rings (SSSR count). The van der Waals surface area contributed by atoms with Crippen LogP contribution in [0, 0.1) is 0 Å². The molecule has 0 fully saturated rings. The van der Waals surface area contributed by atoms with E-state index in [2.05, 4.69) is 41.3 Å². The third kappa shape index (κ3) is 3.97. The third-order valence-electron chi connectivity index (χ3n) is 4.58. The largest absolute Gasteiger partial charge is 0.496 e. The van der Waals surface area contributed by atoms with Gasteiger partial charge < -0.3 is 14.2 Å². The van der Waals surface area contributed by atoms with Crippen LogP contribution in [0.4, 0.5) is 0 Å². The Labute approximate surface area is 149 Å². The van der Waals surface area contributed by atoms with Gasteiger partial charge in [0.15, 0.2) is 0 Å². The fourth-order valence-corrected chi connectivity index (χ4v) is 3.25. The molecule has 1 aliphatic heterocycles. The first-order chi connectivity index (χ1) is 12.2. The highest BCUT2D eigenvalue weighted by atomic mass is 16.5. The Morgan fingerprint density at radius 3 is 2.12 bits per heavy atom. The molecule has 0 N–H and O–H groups in total. The monoisotopic (exact) mass is 339 g/mol. The summed E-state index contributed by atoms with van der Waals surface area (Å²) in [5.74, 6) is 2.32. The Kier molecular flexibility index (Phi) is 5.61. The standard InChI is InChI=1S/C21H25NO3/c1-23-18-13-19(24-2)21(20(14-18)25-3)17-9-11-22(12-10-17)15-16-7-5-4-6-8-16/h4-9,13-14H,10-12,15H2,1-3H3. The maximum Gasteiger partial charge on any atom is 0.133 e. The van der Waals surface area contributed by atoms with Crippen LogP contribution in [0.25, 0.3) is 5.57 Å². The number of methoxy groups -OCH3 is 3. The van der Waals surface area contributed by atoms with Gasteiger partial charge in [-0.3, -0.25) is 4.90 Å². The highest BCUT2D eigenvalue weighted by molar-refractivity contribution is 5.77. The summed E-state index contributed by atoms with van der Waals surface area (Å²) in [6.45, 7) is 2.91. The van der Waals surface area contributed by atoms with E-state index >= 15 is 0 Å². The van der Waals surface area contributed by atoms with Gasteiger partial charge in [-0.25, -0.2) is 0 Å². The first kappa shape index (κ1) is 17.4. The van der Waals surface area contributed by atoms with Crippen molar-refractivity contribution in [3.8, 4) is 17.2 Å². The molecular weight excluding hydrogens is 314 g/mol. The first-order valence-corrected chi connectivity index (χ1v) is 8.51. The Morgan fingerprint density at radius 2 is 1.60 bits per heavy atom. The molecule has 0 atom stereocenters. The third-order valence-corrected chi connectivity index (χ3v) is 4.58. The van der Waals surface area contributed by atoms with Gasteiger partial charge in [0, 0.05) is 31.8 Å². The maximum absolute atomic E-state index is 5.59. The molecule has 0 bridgehead atoms. The van der Waals surface area contributed by atoms with Gasteiger partial charge in [0.2, 0.25) is 0 Å². The van der Waals surface area contributed by atoms with E-state index in [1.54, 1.807) is 21.3 Å². The minimum Gasteiger partial charge on any atom is -0.496 e. The minimum atomic E-state index is 0.736. The van der Waals surface area contributed by atoms with Crippen LogP contribution in [0.2, 0.25) is 0 Å². The second-order valence-corrected chi connectivity index (χ2v) is 6.11. The Morgan fingerprint density at radius 1 is 0.920 bits per heavy atom. The predicted molar refractivity (Wildman–Crippen MR) is 100 cm³/mol. The lowest BCUT2D eigenvalue weighted by Crippen LogP contribution is -2.28. The molecule has 4 heteroatoms. The molecular formula is C21H25NO3. The fraction of sp³-hybridized carbons (Fsp3) is 0.333. The zero-order chi connectivity index (χ0) is 17.6. The zero-order valence-electron chi connectivity index (χ0n) is 15.1. The van der Waals surface area contributed by atoms with Crippen molar-refractivity contribution >= 4 is 5.57 Å². The highest BCUT2D eigenvalue weighted by Crippen LogP contribution is 2.40. The molecule has 0 radical (unpaired) electrons. The average Bonchev–Trinajstić information content (AvgIpc) is 2.68. The van der Waals surface area contributed by atoms with Gasteiger partial charge in [0.05, 0.1) is 26.9 Å². The topological polar surface area (TPSA) is 30.9 Å². The highest BCUT2D eigenvalue weighted by Gasteiger charge is 2.20. The van der Waals surface area contributed by atoms with Crippen LogP contribution < -0.4 is 14.2 Å². The van der Waals surface area contributed by atoms with Crippen molar-refractivity contribution in [2.45, 2.75) is 13.0 Å². The summed E-state index contributed by atoms with van der Waals surface area (Å²) >= 11 is 0. The Hall–Kier alpha value is -2.46. The van der Waals surface area contributed by atoms with Gasteiger partial charge in [0.25, 0.3) is 0 Å². The van der Waals surface area contributed by atoms with Crippen molar-refractivity contribution in [1.29, 1.82) is 0 Å². The van der Waals surface area contributed by atoms with Crippen molar-refractivity contribution in [2.75, 3.05) is 34.4 Å². The van der Waals surface area contributed by atoms with E-state index < -0.39 is 0 Å². The molecule has 2 aromatic carbocycles. The lowest BCUT2D eigenvalue weighted by Gasteiger charge is -2.27. The molecule has 0 saturated carbocycles. The van der Waals surface area contributed by atoms with Gasteiger partial charge in [-0.15, -0.1) is 0 Å². The molecule has 0 aliphatic carbocycles. The molecule has 1 heterocycles. The summed E-state index contributed by atoms with van der Waals surface area (Å²) in [4.78, 5) is 2.45. The number of rotatable bonds is 6. The van der Waals surface area contributed by atoms with Crippen LogP contribution in [0.1, 0.15) is 17.5 Å². The average molecular weight is 339 g/mol. The summed E-state index contributed by atoms with van der Waals surface area (Å²) in [6.07, 6.45) is 3.24. The Bertz CT molecular complexity index is 715. The van der Waals surface area contributed by atoms with Gasteiger partial charge in [-0.2, -0.15) is 0 Å². The zero-order valence-corrected chi connectivity index (χ0v) is 15.1. The fourth-order valence-electron chi connectivity index (χ4n) is 3.25. The SMILES string of the molecule is COc1cc(OC)c(C2=CCN(Cc3ccccc3)CC2)c(OC)c1. The number of nitrogens with zero attached hydrogens (tertiary/aromatic N) is 1. The molecule has 0 spiro atoms. The van der Waals surface area contributed by atoms with Crippen LogP contribution in [-0.2, 0) is 6.54 Å². The van der Waals surface area contributed by atoms with Gasteiger partial charge in [-0.05, 0) is 17.6 Å². The molecule has 25 heavy (non-hydrogen) atoms. The van der Waals surface area contributed by atoms with Crippen LogP contribution in [0.15, 0.2) is 48.5 Å². The van der Waals surface area contributed by atoms with Crippen LogP contribution >= 0.6 is 0 Å². The molecule has 1 aliphatic rings. The molecule has 2 aromatic rings. The molecule has 0 aromatic heterocycles. The minimum absolute atomic E-state index is 0.736. The molecule has 4 nitrogen and oxygen atoms in total. The van der Waals surface area contributed by atoms with Crippen molar-refractivity contribution in [2.24, 2.45) is 0 Å². The van der Waals surface area contributed by atoms with Gasteiger partial charge >= 0.3 is 0 Å². The van der Waals surface area contributed by atoms with Crippen molar-refractivity contribution < 1.29 is 14.2 Å². The van der Waals surface area contributed by atoms with Crippen molar-refractivity contribution in [1.82, 2.24) is 4.90 Å². The van der Waals surface area contributed by atoms with E-state index in [-0.39, 0.29) is 0 Å². The van der Waals surface area contributed by atoms with E-state index in [0.29, 0.717) is 0 Å². The lowest BCUT2D eigenvalue weighted by molar-refractivity contribution is 0.293. The number of hydrogen-bond acceptors (Lipinski definition) is 4. The van der Waals surface area contributed by atoms with E-state index in [0.717, 1.165) is 48.9 Å². The lowest BCUT2D eigenvalue weighted by atomic mass is 9.97. The Balaban J connectivity index is 1.81. The second kappa shape index (κ2) is 8.08.